The summed E-state index contributed by atoms with van der Waals surface area (Å²) in [6.45, 7) is 2.43. The summed E-state index contributed by atoms with van der Waals surface area (Å²) >= 11 is 0. The minimum Gasteiger partial charge on any atom is -0.493 e. The van der Waals surface area contributed by atoms with Crippen molar-refractivity contribution in [1.82, 2.24) is 4.98 Å². The van der Waals surface area contributed by atoms with E-state index in [9.17, 15) is 4.79 Å². The summed E-state index contributed by atoms with van der Waals surface area (Å²) < 4.78 is 5.44. The molecule has 2 rings (SSSR count). The summed E-state index contributed by atoms with van der Waals surface area (Å²) in [7, 11) is 0. The lowest BCUT2D eigenvalue weighted by Crippen LogP contribution is -1.96. The Bertz CT molecular complexity index is 509. The molecule has 1 heterocycles. The molecule has 3 nitrogen and oxygen atoms in total. The van der Waals surface area contributed by atoms with Crippen LogP contribution >= 0.6 is 0 Å². The Hall–Kier alpha value is -2.16. The summed E-state index contributed by atoms with van der Waals surface area (Å²) in [4.78, 5) is 14.9. The molecule has 2 aromatic rings. The zero-order valence-electron chi connectivity index (χ0n) is 9.59. The first-order valence-electron chi connectivity index (χ1n) is 5.47. The van der Waals surface area contributed by atoms with Gasteiger partial charge < -0.3 is 4.74 Å². The van der Waals surface area contributed by atoms with E-state index in [1.807, 2.05) is 31.2 Å². The third kappa shape index (κ3) is 2.50. The number of nitrogens with zero attached hydrogens (tertiary/aromatic N) is 1. The summed E-state index contributed by atoms with van der Waals surface area (Å²) in [5.74, 6) is 0.615. The summed E-state index contributed by atoms with van der Waals surface area (Å²) in [6, 6.07) is 9.37. The molecule has 0 unspecified atom stereocenters. The predicted octanol–water partition coefficient (Wildman–Crippen LogP) is 2.96. The minimum atomic E-state index is 0.539. The molecule has 0 aliphatic rings. The molecule has 1 aromatic heterocycles. The summed E-state index contributed by atoms with van der Waals surface area (Å²) in [5, 5.41) is 0. The van der Waals surface area contributed by atoms with Crippen molar-refractivity contribution in [1.29, 1.82) is 0 Å². The fourth-order valence-electron chi connectivity index (χ4n) is 1.63. The van der Waals surface area contributed by atoms with Gasteiger partial charge in [0.25, 0.3) is 0 Å². The average molecular weight is 227 g/mol. The van der Waals surface area contributed by atoms with E-state index in [4.69, 9.17) is 4.74 Å². The Balaban J connectivity index is 2.43. The molecule has 0 radical (unpaired) electrons. The normalized spacial score (nSPS) is 9.94. The molecule has 0 saturated heterocycles. The molecule has 86 valence electrons. The number of hydrogen-bond donors (Lipinski definition) is 0. The highest BCUT2D eigenvalue weighted by Crippen LogP contribution is 2.26. The molecule has 0 bridgehead atoms. The van der Waals surface area contributed by atoms with Crippen LogP contribution in [-0.2, 0) is 0 Å². The molecule has 17 heavy (non-hydrogen) atoms. The van der Waals surface area contributed by atoms with Gasteiger partial charge in [-0.05, 0) is 30.7 Å². The van der Waals surface area contributed by atoms with Gasteiger partial charge in [-0.15, -0.1) is 0 Å². The smallest absolute Gasteiger partial charge is 0.153 e. The fraction of sp³-hybridized carbons (Fsp3) is 0.143. The van der Waals surface area contributed by atoms with E-state index in [0.717, 1.165) is 17.4 Å². The van der Waals surface area contributed by atoms with Crippen LogP contribution < -0.4 is 4.74 Å². The van der Waals surface area contributed by atoms with Crippen molar-refractivity contribution in [3.63, 3.8) is 0 Å². The van der Waals surface area contributed by atoms with Crippen molar-refractivity contribution in [2.75, 3.05) is 6.61 Å². The van der Waals surface area contributed by atoms with Gasteiger partial charge in [-0.2, -0.15) is 0 Å². The monoisotopic (exact) mass is 227 g/mol. The SMILES string of the molecule is CCOc1cc(-c2cccnc2)ccc1C=O. The molecule has 0 spiro atoms. The van der Waals surface area contributed by atoms with Gasteiger partial charge in [-0.25, -0.2) is 0 Å². The van der Waals surface area contributed by atoms with Gasteiger partial charge in [0.2, 0.25) is 0 Å². The van der Waals surface area contributed by atoms with Crippen LogP contribution in [0.5, 0.6) is 5.75 Å². The van der Waals surface area contributed by atoms with Gasteiger partial charge in [-0.1, -0.05) is 12.1 Å². The van der Waals surface area contributed by atoms with Crippen molar-refractivity contribution in [3.05, 3.63) is 48.3 Å². The Morgan fingerprint density at radius 2 is 2.18 bits per heavy atom. The van der Waals surface area contributed by atoms with Gasteiger partial charge in [0, 0.05) is 18.0 Å². The standard InChI is InChI=1S/C14H13NO2/c1-2-17-14-8-11(5-6-13(14)10-16)12-4-3-7-15-9-12/h3-10H,2H2,1H3. The number of aldehydes is 1. The third-order valence-electron chi connectivity index (χ3n) is 2.44. The van der Waals surface area contributed by atoms with E-state index in [2.05, 4.69) is 4.98 Å². The van der Waals surface area contributed by atoms with E-state index >= 15 is 0 Å². The second-order valence-corrected chi connectivity index (χ2v) is 3.55. The third-order valence-corrected chi connectivity index (χ3v) is 2.44. The van der Waals surface area contributed by atoms with Crippen LogP contribution in [0.3, 0.4) is 0 Å². The van der Waals surface area contributed by atoms with Crippen molar-refractivity contribution in [2.24, 2.45) is 0 Å². The maximum Gasteiger partial charge on any atom is 0.153 e. The molecular formula is C14H13NO2. The molecule has 0 amide bonds. The predicted molar refractivity (Wildman–Crippen MR) is 66.2 cm³/mol. The fourth-order valence-corrected chi connectivity index (χ4v) is 1.63. The number of pyridine rings is 1. The highest BCUT2D eigenvalue weighted by atomic mass is 16.5. The van der Waals surface area contributed by atoms with E-state index in [1.54, 1.807) is 18.5 Å². The molecule has 1 aromatic carbocycles. The number of carbonyl (C=O) groups is 1. The van der Waals surface area contributed by atoms with Crippen LogP contribution in [0, 0.1) is 0 Å². The zero-order valence-corrected chi connectivity index (χ0v) is 9.59. The van der Waals surface area contributed by atoms with Crippen LogP contribution in [0.25, 0.3) is 11.1 Å². The first kappa shape index (κ1) is 11.3. The van der Waals surface area contributed by atoms with Crippen molar-refractivity contribution in [3.8, 4) is 16.9 Å². The van der Waals surface area contributed by atoms with Crippen molar-refractivity contribution < 1.29 is 9.53 Å². The summed E-state index contributed by atoms with van der Waals surface area (Å²) in [6.07, 6.45) is 4.32. The van der Waals surface area contributed by atoms with E-state index in [-0.39, 0.29) is 0 Å². The molecular weight excluding hydrogens is 214 g/mol. The van der Waals surface area contributed by atoms with Gasteiger partial charge in [0.15, 0.2) is 6.29 Å². The number of aromatic nitrogens is 1. The van der Waals surface area contributed by atoms with Gasteiger partial charge >= 0.3 is 0 Å². The highest BCUT2D eigenvalue weighted by Gasteiger charge is 2.05. The van der Waals surface area contributed by atoms with Crippen LogP contribution in [0.2, 0.25) is 0 Å². The number of hydrogen-bond acceptors (Lipinski definition) is 3. The van der Waals surface area contributed by atoms with Crippen LogP contribution in [0.4, 0.5) is 0 Å². The quantitative estimate of drug-likeness (QED) is 0.754. The van der Waals surface area contributed by atoms with E-state index in [1.165, 1.54) is 0 Å². The molecule has 0 aliphatic heterocycles. The Morgan fingerprint density at radius 1 is 1.29 bits per heavy atom. The topological polar surface area (TPSA) is 39.2 Å². The van der Waals surface area contributed by atoms with Crippen molar-refractivity contribution in [2.45, 2.75) is 6.92 Å². The lowest BCUT2D eigenvalue weighted by Gasteiger charge is -2.08. The van der Waals surface area contributed by atoms with Gasteiger partial charge in [0.05, 0.1) is 12.2 Å². The molecule has 0 atom stereocenters. The number of benzene rings is 1. The summed E-state index contributed by atoms with van der Waals surface area (Å²) in [5.41, 5.74) is 2.57. The molecule has 3 heteroatoms. The Morgan fingerprint density at radius 3 is 2.82 bits per heavy atom. The second kappa shape index (κ2) is 5.25. The minimum absolute atomic E-state index is 0.539. The van der Waals surface area contributed by atoms with E-state index < -0.39 is 0 Å². The van der Waals surface area contributed by atoms with Gasteiger partial charge in [0.1, 0.15) is 5.75 Å². The molecule has 0 fully saturated rings. The second-order valence-electron chi connectivity index (χ2n) is 3.55. The number of carbonyl (C=O) groups excluding carboxylic acids is 1. The van der Waals surface area contributed by atoms with Crippen LogP contribution in [-0.4, -0.2) is 17.9 Å². The van der Waals surface area contributed by atoms with Crippen LogP contribution in [0.15, 0.2) is 42.7 Å². The average Bonchev–Trinajstić information content (AvgIpc) is 2.40. The lowest BCUT2D eigenvalue weighted by molar-refractivity contribution is 0.112. The van der Waals surface area contributed by atoms with Crippen LogP contribution in [0.1, 0.15) is 17.3 Å². The molecule has 0 aliphatic carbocycles. The van der Waals surface area contributed by atoms with E-state index in [0.29, 0.717) is 17.9 Å². The maximum absolute atomic E-state index is 10.9. The zero-order chi connectivity index (χ0) is 12.1. The number of rotatable bonds is 4. The number of ether oxygens (including phenoxy) is 1. The van der Waals surface area contributed by atoms with Crippen molar-refractivity contribution >= 4 is 6.29 Å². The Labute approximate surface area is 100 Å². The Kier molecular flexibility index (Phi) is 3.50. The maximum atomic E-state index is 10.9. The molecule has 0 saturated carbocycles. The first-order valence-corrected chi connectivity index (χ1v) is 5.47. The molecule has 0 N–H and O–H groups in total. The highest BCUT2D eigenvalue weighted by molar-refractivity contribution is 5.81. The lowest BCUT2D eigenvalue weighted by atomic mass is 10.1. The largest absolute Gasteiger partial charge is 0.493 e. The van der Waals surface area contributed by atoms with Gasteiger partial charge in [-0.3, -0.25) is 9.78 Å². The first-order chi connectivity index (χ1) is 8.35.